The van der Waals surface area contributed by atoms with E-state index in [2.05, 4.69) is 121 Å². The standard InChI is InChI=1S/2C12H10P.C2H6.ClH.Ni/c2*1-3-7-11(8-4-1)13-12-9-5-2-6-10-12;1-2;;/h2*1-10H;1-2H3;1H;/q2*-1;;;+2. The topological polar surface area (TPSA) is 0 Å². The molecule has 0 amide bonds. The van der Waals surface area contributed by atoms with Gasteiger partial charge in [0.15, 0.2) is 0 Å². The molecular weight excluding hydrogens is 468 g/mol. The summed E-state index contributed by atoms with van der Waals surface area (Å²) in [6.45, 7) is 3.06. The van der Waals surface area contributed by atoms with Gasteiger partial charge in [-0.15, -0.1) is 12.4 Å². The molecule has 4 heteroatoms. The molecule has 0 N–H and O–H groups in total. The predicted octanol–water partition coefficient (Wildman–Crippen LogP) is 6.61. The van der Waals surface area contributed by atoms with Gasteiger partial charge in [0, 0.05) is 0 Å². The second kappa shape index (κ2) is 13.8. The Balaban J connectivity index is 0.00000104. The SMILES string of the molecule is CC.Cl.c1ccc([P]([Ni][P](c2ccccc2)c2ccccc2)c2ccccc2)cc1. The molecule has 0 fully saturated rings. The first-order valence-electron chi connectivity index (χ1n) is 9.82. The van der Waals surface area contributed by atoms with Crippen molar-refractivity contribution in [2.24, 2.45) is 0 Å². The van der Waals surface area contributed by atoms with E-state index in [-0.39, 0.29) is 12.4 Å². The van der Waals surface area contributed by atoms with Crippen molar-refractivity contribution in [3.8, 4) is 0 Å². The maximum absolute atomic E-state index is 2.28. The Morgan fingerprint density at radius 3 is 0.800 bits per heavy atom. The second-order valence-electron chi connectivity index (χ2n) is 5.91. The Bertz CT molecular complexity index is 791. The molecule has 0 nitrogen and oxygen atoms in total. The minimum absolute atomic E-state index is 0. The van der Waals surface area contributed by atoms with Gasteiger partial charge in [-0.25, -0.2) is 0 Å². The van der Waals surface area contributed by atoms with Gasteiger partial charge in [0.25, 0.3) is 0 Å². The van der Waals surface area contributed by atoms with Crippen molar-refractivity contribution in [3.05, 3.63) is 121 Å². The van der Waals surface area contributed by atoms with Crippen molar-refractivity contribution in [1.29, 1.82) is 0 Å². The Labute approximate surface area is 195 Å². The second-order valence-corrected chi connectivity index (χ2v) is 13.9. The summed E-state index contributed by atoms with van der Waals surface area (Å²) in [5.41, 5.74) is 0. The molecule has 0 saturated heterocycles. The van der Waals surface area contributed by atoms with E-state index in [1.54, 1.807) is 0 Å². The first-order valence-corrected chi connectivity index (χ1v) is 14.8. The van der Waals surface area contributed by atoms with E-state index >= 15 is 0 Å². The molecule has 0 atom stereocenters. The Morgan fingerprint density at radius 1 is 0.400 bits per heavy atom. The van der Waals surface area contributed by atoms with Crippen LogP contribution in [0.4, 0.5) is 0 Å². The number of hydrogen-bond acceptors (Lipinski definition) is 0. The molecule has 0 aromatic heterocycles. The normalized spacial score (nSPS) is 10.3. The molecule has 158 valence electrons. The monoisotopic (exact) mass is 494 g/mol. The number of rotatable bonds is 6. The molecule has 4 aromatic carbocycles. The van der Waals surface area contributed by atoms with Crippen molar-refractivity contribution in [1.82, 2.24) is 0 Å². The first-order chi connectivity index (χ1) is 14.4. The van der Waals surface area contributed by atoms with Gasteiger partial charge in [-0.05, 0) is 0 Å². The summed E-state index contributed by atoms with van der Waals surface area (Å²) in [6, 6.07) is 43.9. The van der Waals surface area contributed by atoms with Gasteiger partial charge in [0.05, 0.1) is 0 Å². The predicted molar refractivity (Wildman–Crippen MR) is 137 cm³/mol. The molecule has 0 unspecified atom stereocenters. The van der Waals surface area contributed by atoms with E-state index in [0.29, 0.717) is 0 Å². The Morgan fingerprint density at radius 2 is 0.600 bits per heavy atom. The third-order valence-corrected chi connectivity index (χ3v) is 14.5. The van der Waals surface area contributed by atoms with Gasteiger partial charge in [0.1, 0.15) is 0 Å². The van der Waals surface area contributed by atoms with Gasteiger partial charge in [-0.3, -0.25) is 0 Å². The number of hydrogen-bond donors (Lipinski definition) is 0. The summed E-state index contributed by atoms with van der Waals surface area (Å²) >= 11 is 1.89. The van der Waals surface area contributed by atoms with E-state index < -0.39 is 13.4 Å². The van der Waals surface area contributed by atoms with Gasteiger partial charge in [0.2, 0.25) is 0 Å². The third-order valence-electron chi connectivity index (χ3n) is 3.99. The summed E-state index contributed by atoms with van der Waals surface area (Å²) in [7, 11) is 0. The zero-order valence-electron chi connectivity index (χ0n) is 17.2. The fourth-order valence-corrected chi connectivity index (χ4v) is 14.3. The summed E-state index contributed by atoms with van der Waals surface area (Å²) in [5, 5.41) is 5.72. The van der Waals surface area contributed by atoms with E-state index in [1.165, 1.54) is 21.2 Å². The zero-order valence-corrected chi connectivity index (χ0v) is 20.8. The quantitative estimate of drug-likeness (QED) is 0.209. The number of benzene rings is 4. The average Bonchev–Trinajstić information content (AvgIpc) is 2.83. The van der Waals surface area contributed by atoms with Crippen LogP contribution in [0.1, 0.15) is 13.8 Å². The molecule has 30 heavy (non-hydrogen) atoms. The van der Waals surface area contributed by atoms with Gasteiger partial charge >= 0.3 is 170 Å². The van der Waals surface area contributed by atoms with E-state index in [0.717, 1.165) is 0 Å². The molecule has 0 aliphatic rings. The van der Waals surface area contributed by atoms with E-state index in [1.807, 2.05) is 27.4 Å². The molecule has 0 radical (unpaired) electrons. The molecule has 0 bridgehead atoms. The van der Waals surface area contributed by atoms with Crippen LogP contribution < -0.4 is 21.2 Å². The van der Waals surface area contributed by atoms with E-state index in [9.17, 15) is 0 Å². The van der Waals surface area contributed by atoms with Crippen molar-refractivity contribution in [3.63, 3.8) is 0 Å². The fraction of sp³-hybridized carbons (Fsp3) is 0.0769. The van der Waals surface area contributed by atoms with Crippen LogP contribution in [-0.4, -0.2) is 0 Å². The van der Waals surface area contributed by atoms with Crippen molar-refractivity contribution < 1.29 is 13.6 Å². The van der Waals surface area contributed by atoms with Crippen LogP contribution in [0.3, 0.4) is 0 Å². The summed E-state index contributed by atoms with van der Waals surface area (Å²) < 4.78 is 0. The molecule has 0 saturated carbocycles. The third kappa shape index (κ3) is 6.77. The van der Waals surface area contributed by atoms with Crippen molar-refractivity contribution >= 4 is 47.0 Å². The Kier molecular flexibility index (Phi) is 11.4. The number of halogens is 1. The van der Waals surface area contributed by atoms with Crippen LogP contribution in [-0.2, 0) is 13.6 Å². The van der Waals surface area contributed by atoms with Gasteiger partial charge < -0.3 is 0 Å². The fourth-order valence-electron chi connectivity index (χ4n) is 2.71. The van der Waals surface area contributed by atoms with Gasteiger partial charge in [-0.1, -0.05) is 13.8 Å². The average molecular weight is 496 g/mol. The molecule has 0 spiro atoms. The Hall–Kier alpha value is -1.48. The van der Waals surface area contributed by atoms with Gasteiger partial charge in [-0.2, -0.15) is 0 Å². The summed E-state index contributed by atoms with van der Waals surface area (Å²) in [4.78, 5) is 0. The molecule has 4 aromatic rings. The molecule has 0 aliphatic carbocycles. The van der Waals surface area contributed by atoms with E-state index in [4.69, 9.17) is 0 Å². The first kappa shape index (κ1) is 24.8. The van der Waals surface area contributed by atoms with Crippen LogP contribution in [0, 0.1) is 0 Å². The maximum atomic E-state index is 2.28. The van der Waals surface area contributed by atoms with Crippen LogP contribution in [0.2, 0.25) is 0 Å². The zero-order chi connectivity index (χ0) is 20.3. The van der Waals surface area contributed by atoms with Crippen LogP contribution in [0.5, 0.6) is 0 Å². The van der Waals surface area contributed by atoms with Crippen molar-refractivity contribution in [2.75, 3.05) is 0 Å². The molecule has 4 rings (SSSR count). The molecule has 0 heterocycles. The summed E-state index contributed by atoms with van der Waals surface area (Å²) in [6.07, 6.45) is 0. The van der Waals surface area contributed by atoms with Crippen molar-refractivity contribution in [2.45, 2.75) is 13.8 Å². The minimum atomic E-state index is -0.471. The van der Waals surface area contributed by atoms with Crippen LogP contribution in [0.15, 0.2) is 121 Å². The van der Waals surface area contributed by atoms with Crippen LogP contribution in [0.25, 0.3) is 0 Å². The summed E-state index contributed by atoms with van der Waals surface area (Å²) in [5.74, 6) is 0. The molecular formula is C26H27ClNiP2. The van der Waals surface area contributed by atoms with Crippen LogP contribution >= 0.6 is 25.8 Å². The molecule has 0 aliphatic heterocycles.